The van der Waals surface area contributed by atoms with Gasteiger partial charge in [0, 0.05) is 12.1 Å². The van der Waals surface area contributed by atoms with Crippen molar-refractivity contribution in [3.05, 3.63) is 22.6 Å². The number of terminal acetylenes is 1. The van der Waals surface area contributed by atoms with E-state index in [0.717, 1.165) is 17.9 Å². The fourth-order valence-electron chi connectivity index (χ4n) is 2.21. The molecule has 0 unspecified atom stereocenters. The maximum Gasteiger partial charge on any atom is 0.258 e. The number of hydrogen-bond acceptors (Lipinski definition) is 2. The number of nitrogens with zero attached hydrogens (tertiary/aromatic N) is 1. The third-order valence-electron chi connectivity index (χ3n) is 3.52. The summed E-state index contributed by atoms with van der Waals surface area (Å²) in [5.41, 5.74) is 1.61. The molecule has 0 aromatic carbocycles. The molecule has 0 atom stereocenters. The van der Waals surface area contributed by atoms with Gasteiger partial charge in [0.2, 0.25) is 0 Å². The highest BCUT2D eigenvalue weighted by atomic mass is 16.3. The zero-order valence-electron chi connectivity index (χ0n) is 11.2. The van der Waals surface area contributed by atoms with Gasteiger partial charge in [0.1, 0.15) is 11.5 Å². The second-order valence-corrected chi connectivity index (χ2v) is 5.05. The van der Waals surface area contributed by atoms with Crippen molar-refractivity contribution in [3.8, 4) is 12.3 Å². The van der Waals surface area contributed by atoms with Crippen LogP contribution in [0.5, 0.6) is 0 Å². The molecule has 1 aliphatic carbocycles. The molecule has 0 N–H and O–H groups in total. The van der Waals surface area contributed by atoms with E-state index in [2.05, 4.69) is 5.92 Å². The van der Waals surface area contributed by atoms with Crippen molar-refractivity contribution < 1.29 is 9.21 Å². The van der Waals surface area contributed by atoms with Gasteiger partial charge in [-0.2, -0.15) is 0 Å². The van der Waals surface area contributed by atoms with Crippen molar-refractivity contribution >= 4 is 5.91 Å². The lowest BCUT2D eigenvalue weighted by Crippen LogP contribution is -2.33. The Morgan fingerprint density at radius 3 is 2.50 bits per heavy atom. The fourth-order valence-corrected chi connectivity index (χ4v) is 2.21. The van der Waals surface area contributed by atoms with Crippen molar-refractivity contribution in [2.75, 3.05) is 13.1 Å². The minimum absolute atomic E-state index is 0.00620. The molecule has 1 heterocycles. The standard InChI is InChI=1S/C15H19NO2/c1-5-8-16(9-13-6-7-13)15(17)14-10(2)11(3)18-12(14)4/h1,13H,6-9H2,2-4H3. The molecule has 0 radical (unpaired) electrons. The highest BCUT2D eigenvalue weighted by Gasteiger charge is 2.29. The maximum atomic E-state index is 12.5. The van der Waals surface area contributed by atoms with Gasteiger partial charge < -0.3 is 9.32 Å². The normalized spacial score (nSPS) is 14.3. The number of hydrogen-bond donors (Lipinski definition) is 0. The Labute approximate surface area is 108 Å². The topological polar surface area (TPSA) is 33.5 Å². The van der Waals surface area contributed by atoms with E-state index in [1.54, 1.807) is 4.90 Å². The minimum Gasteiger partial charge on any atom is -0.466 e. The molecule has 1 aliphatic rings. The van der Waals surface area contributed by atoms with E-state index >= 15 is 0 Å². The molecule has 0 saturated heterocycles. The van der Waals surface area contributed by atoms with Crippen molar-refractivity contribution in [2.24, 2.45) is 5.92 Å². The molecule has 3 heteroatoms. The van der Waals surface area contributed by atoms with Crippen molar-refractivity contribution in [1.82, 2.24) is 4.90 Å². The number of carbonyl (C=O) groups is 1. The van der Waals surface area contributed by atoms with E-state index in [1.165, 1.54) is 12.8 Å². The zero-order chi connectivity index (χ0) is 13.3. The molecule has 18 heavy (non-hydrogen) atoms. The minimum atomic E-state index is 0.00620. The monoisotopic (exact) mass is 245 g/mol. The van der Waals surface area contributed by atoms with E-state index in [0.29, 0.717) is 23.8 Å². The first-order valence-corrected chi connectivity index (χ1v) is 6.34. The van der Waals surface area contributed by atoms with Gasteiger partial charge in [-0.05, 0) is 39.5 Å². The lowest BCUT2D eigenvalue weighted by Gasteiger charge is -2.20. The largest absolute Gasteiger partial charge is 0.466 e. The van der Waals surface area contributed by atoms with E-state index in [1.807, 2.05) is 20.8 Å². The molecule has 1 amide bonds. The molecule has 0 aliphatic heterocycles. The first-order valence-electron chi connectivity index (χ1n) is 6.34. The van der Waals surface area contributed by atoms with Gasteiger partial charge in [0.25, 0.3) is 5.91 Å². The summed E-state index contributed by atoms with van der Waals surface area (Å²) >= 11 is 0. The van der Waals surface area contributed by atoms with Gasteiger partial charge in [0.15, 0.2) is 0 Å². The SMILES string of the molecule is C#CCN(CC1CC1)C(=O)c1c(C)oc(C)c1C. The van der Waals surface area contributed by atoms with Crippen LogP contribution in [0.25, 0.3) is 0 Å². The van der Waals surface area contributed by atoms with Crippen LogP contribution in [-0.4, -0.2) is 23.9 Å². The summed E-state index contributed by atoms with van der Waals surface area (Å²) in [4.78, 5) is 14.3. The maximum absolute atomic E-state index is 12.5. The lowest BCUT2D eigenvalue weighted by molar-refractivity contribution is 0.0767. The highest BCUT2D eigenvalue weighted by Crippen LogP contribution is 2.31. The first kappa shape index (κ1) is 12.8. The highest BCUT2D eigenvalue weighted by molar-refractivity contribution is 5.97. The van der Waals surface area contributed by atoms with Gasteiger partial charge in [-0.15, -0.1) is 6.42 Å². The molecular weight excluding hydrogens is 226 g/mol. The molecule has 96 valence electrons. The Morgan fingerprint density at radius 2 is 2.06 bits per heavy atom. The molecule has 2 rings (SSSR count). The van der Waals surface area contributed by atoms with E-state index in [-0.39, 0.29) is 5.91 Å². The van der Waals surface area contributed by atoms with Crippen molar-refractivity contribution in [2.45, 2.75) is 33.6 Å². The average Bonchev–Trinajstić information content (AvgIpc) is 3.07. The van der Waals surface area contributed by atoms with Gasteiger partial charge >= 0.3 is 0 Å². The summed E-state index contributed by atoms with van der Waals surface area (Å²) in [5.74, 6) is 4.71. The Balaban J connectivity index is 2.23. The van der Waals surface area contributed by atoms with Crippen LogP contribution in [0.3, 0.4) is 0 Å². The molecule has 0 spiro atoms. The Kier molecular flexibility index (Phi) is 3.47. The molecule has 0 bridgehead atoms. The number of furan rings is 1. The molecule has 1 saturated carbocycles. The molecule has 1 aromatic heterocycles. The summed E-state index contributed by atoms with van der Waals surface area (Å²) in [5, 5.41) is 0. The van der Waals surface area contributed by atoms with E-state index < -0.39 is 0 Å². The second-order valence-electron chi connectivity index (χ2n) is 5.05. The van der Waals surface area contributed by atoms with Crippen LogP contribution < -0.4 is 0 Å². The third kappa shape index (κ3) is 2.43. The summed E-state index contributed by atoms with van der Waals surface area (Å²) in [6.07, 6.45) is 7.77. The van der Waals surface area contributed by atoms with Crippen LogP contribution in [0.1, 0.15) is 40.3 Å². The fraction of sp³-hybridized carbons (Fsp3) is 0.533. The Morgan fingerprint density at radius 1 is 1.39 bits per heavy atom. The summed E-state index contributed by atoms with van der Waals surface area (Å²) in [7, 11) is 0. The summed E-state index contributed by atoms with van der Waals surface area (Å²) < 4.78 is 5.52. The van der Waals surface area contributed by atoms with E-state index in [4.69, 9.17) is 10.8 Å². The Hall–Kier alpha value is -1.69. The molecule has 3 nitrogen and oxygen atoms in total. The van der Waals surface area contributed by atoms with Gasteiger partial charge in [0.05, 0.1) is 12.1 Å². The van der Waals surface area contributed by atoms with Crippen LogP contribution >= 0.6 is 0 Å². The quantitative estimate of drug-likeness (QED) is 0.764. The lowest BCUT2D eigenvalue weighted by atomic mass is 10.1. The van der Waals surface area contributed by atoms with Crippen LogP contribution in [0.2, 0.25) is 0 Å². The molecular formula is C15H19NO2. The van der Waals surface area contributed by atoms with Crippen LogP contribution in [-0.2, 0) is 0 Å². The van der Waals surface area contributed by atoms with Crippen LogP contribution in [0.15, 0.2) is 4.42 Å². The van der Waals surface area contributed by atoms with Crippen molar-refractivity contribution in [1.29, 1.82) is 0 Å². The predicted molar refractivity (Wildman–Crippen MR) is 70.4 cm³/mol. The molecule has 1 aromatic rings. The Bertz CT molecular complexity index is 503. The first-order chi connectivity index (χ1) is 8.54. The number of carbonyl (C=O) groups excluding carboxylic acids is 1. The average molecular weight is 245 g/mol. The molecule has 1 fully saturated rings. The van der Waals surface area contributed by atoms with Gasteiger partial charge in [-0.3, -0.25) is 4.79 Å². The number of amides is 1. The van der Waals surface area contributed by atoms with Gasteiger partial charge in [-0.25, -0.2) is 0 Å². The number of rotatable bonds is 4. The summed E-state index contributed by atoms with van der Waals surface area (Å²) in [6.45, 7) is 6.78. The van der Waals surface area contributed by atoms with Crippen molar-refractivity contribution in [3.63, 3.8) is 0 Å². The smallest absolute Gasteiger partial charge is 0.258 e. The van der Waals surface area contributed by atoms with E-state index in [9.17, 15) is 4.79 Å². The summed E-state index contributed by atoms with van der Waals surface area (Å²) in [6, 6.07) is 0. The van der Waals surface area contributed by atoms with Crippen LogP contribution in [0, 0.1) is 39.0 Å². The van der Waals surface area contributed by atoms with Gasteiger partial charge in [-0.1, -0.05) is 5.92 Å². The predicted octanol–water partition coefficient (Wildman–Crippen LogP) is 2.69. The third-order valence-corrected chi connectivity index (χ3v) is 3.52. The zero-order valence-corrected chi connectivity index (χ0v) is 11.2. The second kappa shape index (κ2) is 4.89. The number of aryl methyl sites for hydroxylation is 2. The van der Waals surface area contributed by atoms with Crippen LogP contribution in [0.4, 0.5) is 0 Å².